The van der Waals surface area contributed by atoms with Gasteiger partial charge >= 0.3 is 0 Å². The Morgan fingerprint density at radius 1 is 0.963 bits per heavy atom. The first-order valence-corrected chi connectivity index (χ1v) is 10.0. The Morgan fingerprint density at radius 3 is 2.19 bits per heavy atom. The molecule has 0 fully saturated rings. The Balaban J connectivity index is 1.79. The summed E-state index contributed by atoms with van der Waals surface area (Å²) in [6.07, 6.45) is 2.04. The summed E-state index contributed by atoms with van der Waals surface area (Å²) >= 11 is 1.69. The lowest BCUT2D eigenvalue weighted by molar-refractivity contribution is -0.131. The maximum absolute atomic E-state index is 12.4. The van der Waals surface area contributed by atoms with Crippen molar-refractivity contribution < 1.29 is 9.59 Å². The highest BCUT2D eigenvalue weighted by Gasteiger charge is 2.14. The number of amides is 2. The summed E-state index contributed by atoms with van der Waals surface area (Å²) in [5.74, 6) is -0.154. The Hall–Kier alpha value is -2.31. The predicted molar refractivity (Wildman–Crippen MR) is 112 cm³/mol. The van der Waals surface area contributed by atoms with Gasteiger partial charge in [0.25, 0.3) is 0 Å². The molecule has 2 aromatic rings. The number of nitrogens with one attached hydrogen (secondary N) is 1. The Kier molecular flexibility index (Phi) is 7.88. The molecule has 0 atom stereocenters. The van der Waals surface area contributed by atoms with E-state index in [0.29, 0.717) is 6.54 Å². The highest BCUT2D eigenvalue weighted by molar-refractivity contribution is 7.98. The third-order valence-corrected chi connectivity index (χ3v) is 4.90. The van der Waals surface area contributed by atoms with Gasteiger partial charge in [0.2, 0.25) is 11.8 Å². The molecule has 6 heteroatoms. The van der Waals surface area contributed by atoms with Gasteiger partial charge in [-0.2, -0.15) is 0 Å². The maximum atomic E-state index is 12.4. The van der Waals surface area contributed by atoms with E-state index < -0.39 is 0 Å². The summed E-state index contributed by atoms with van der Waals surface area (Å²) in [7, 11) is 3.55. The molecule has 0 heterocycles. The zero-order valence-electron chi connectivity index (χ0n) is 16.4. The number of thioether (sulfide) groups is 1. The highest BCUT2D eigenvalue weighted by atomic mass is 32.2. The van der Waals surface area contributed by atoms with E-state index in [-0.39, 0.29) is 24.9 Å². The lowest BCUT2D eigenvalue weighted by atomic mass is 10.2. The molecule has 1 N–H and O–H groups in total. The summed E-state index contributed by atoms with van der Waals surface area (Å²) in [6, 6.07) is 15.8. The van der Waals surface area contributed by atoms with E-state index in [2.05, 4.69) is 17.4 Å². The van der Waals surface area contributed by atoms with Crippen molar-refractivity contribution in [3.05, 3.63) is 59.7 Å². The molecule has 0 aromatic heterocycles. The first-order valence-electron chi connectivity index (χ1n) is 8.79. The number of carbonyl (C=O) groups excluding carboxylic acids is 2. The average Bonchev–Trinajstić information content (AvgIpc) is 2.64. The molecule has 0 spiro atoms. The minimum absolute atomic E-state index is 0.0189. The lowest BCUT2D eigenvalue weighted by Crippen LogP contribution is -2.39. The molecule has 5 nitrogen and oxygen atoms in total. The van der Waals surface area contributed by atoms with Crippen LogP contribution >= 0.6 is 11.8 Å². The van der Waals surface area contributed by atoms with Gasteiger partial charge < -0.3 is 10.2 Å². The largest absolute Gasteiger partial charge is 0.340 e. The van der Waals surface area contributed by atoms with Crippen LogP contribution in [0.15, 0.2) is 53.4 Å². The molecule has 2 aromatic carbocycles. The minimum Gasteiger partial charge on any atom is -0.340 e. The molecule has 2 amide bonds. The second kappa shape index (κ2) is 10.1. The van der Waals surface area contributed by atoms with Crippen LogP contribution in [0.4, 0.5) is 5.69 Å². The summed E-state index contributed by atoms with van der Waals surface area (Å²) < 4.78 is 0. The van der Waals surface area contributed by atoms with Crippen LogP contribution in [-0.4, -0.2) is 55.1 Å². The molecule has 27 heavy (non-hydrogen) atoms. The van der Waals surface area contributed by atoms with Crippen LogP contribution in [0.1, 0.15) is 11.1 Å². The molecule has 0 radical (unpaired) electrons. The highest BCUT2D eigenvalue weighted by Crippen LogP contribution is 2.15. The number of aryl methyl sites for hydroxylation is 1. The van der Waals surface area contributed by atoms with E-state index in [1.54, 1.807) is 35.7 Å². The molecule has 0 aliphatic rings. The second-order valence-corrected chi connectivity index (χ2v) is 7.56. The number of hydrogen-bond acceptors (Lipinski definition) is 4. The van der Waals surface area contributed by atoms with Crippen molar-refractivity contribution >= 4 is 29.3 Å². The van der Waals surface area contributed by atoms with Crippen LogP contribution in [0, 0.1) is 6.92 Å². The summed E-state index contributed by atoms with van der Waals surface area (Å²) in [4.78, 5) is 29.1. The van der Waals surface area contributed by atoms with Crippen molar-refractivity contribution in [1.29, 1.82) is 0 Å². The lowest BCUT2D eigenvalue weighted by Gasteiger charge is -2.22. The van der Waals surface area contributed by atoms with Gasteiger partial charge in [-0.1, -0.05) is 29.8 Å². The van der Waals surface area contributed by atoms with Crippen molar-refractivity contribution in [2.24, 2.45) is 0 Å². The quantitative estimate of drug-likeness (QED) is 0.709. The van der Waals surface area contributed by atoms with Gasteiger partial charge in [0.05, 0.1) is 13.1 Å². The van der Waals surface area contributed by atoms with Crippen molar-refractivity contribution in [3.8, 4) is 0 Å². The first kappa shape index (κ1) is 21.0. The van der Waals surface area contributed by atoms with Crippen molar-refractivity contribution in [1.82, 2.24) is 9.80 Å². The number of nitrogens with zero attached hydrogens (tertiary/aromatic N) is 2. The van der Waals surface area contributed by atoms with E-state index in [1.807, 2.05) is 49.6 Å². The Labute approximate surface area is 165 Å². The van der Waals surface area contributed by atoms with Crippen molar-refractivity contribution in [2.75, 3.05) is 38.8 Å². The fourth-order valence-corrected chi connectivity index (χ4v) is 2.99. The zero-order chi connectivity index (χ0) is 19.8. The van der Waals surface area contributed by atoms with Gasteiger partial charge in [0.15, 0.2) is 0 Å². The molecule has 0 unspecified atom stereocenters. The second-order valence-electron chi connectivity index (χ2n) is 6.68. The number of benzene rings is 2. The van der Waals surface area contributed by atoms with Crippen LogP contribution in [0.2, 0.25) is 0 Å². The Bertz CT molecular complexity index is 760. The molecular formula is C21H27N3O2S. The fraction of sp³-hybridized carbons (Fsp3) is 0.333. The van der Waals surface area contributed by atoms with E-state index >= 15 is 0 Å². The Morgan fingerprint density at radius 2 is 1.59 bits per heavy atom. The van der Waals surface area contributed by atoms with Gasteiger partial charge in [-0.15, -0.1) is 11.8 Å². The molecule has 0 saturated carbocycles. The van der Waals surface area contributed by atoms with E-state index in [0.717, 1.165) is 16.8 Å². The molecule has 144 valence electrons. The number of rotatable bonds is 8. The van der Waals surface area contributed by atoms with Gasteiger partial charge in [-0.05, 0) is 50.1 Å². The predicted octanol–water partition coefficient (Wildman–Crippen LogP) is 3.25. The summed E-state index contributed by atoms with van der Waals surface area (Å²) in [5, 5.41) is 2.85. The first-order chi connectivity index (χ1) is 12.9. The van der Waals surface area contributed by atoms with Crippen LogP contribution in [0.3, 0.4) is 0 Å². The number of hydrogen-bond donors (Lipinski definition) is 1. The van der Waals surface area contributed by atoms with Crippen molar-refractivity contribution in [2.45, 2.75) is 18.4 Å². The minimum atomic E-state index is -0.135. The van der Waals surface area contributed by atoms with Gasteiger partial charge in [-0.25, -0.2) is 0 Å². The standard InChI is InChI=1S/C21H27N3O2S/c1-16-5-9-18(10-6-16)22-20(25)14-23(2)15-21(26)24(3)13-17-7-11-19(27-4)12-8-17/h5-12H,13-15H2,1-4H3,(H,22,25). The van der Waals surface area contributed by atoms with Crippen LogP contribution in [0.25, 0.3) is 0 Å². The average molecular weight is 386 g/mol. The maximum Gasteiger partial charge on any atom is 0.238 e. The molecular weight excluding hydrogens is 358 g/mol. The SMILES string of the molecule is CSc1ccc(CN(C)C(=O)CN(C)CC(=O)Nc2ccc(C)cc2)cc1. The van der Waals surface area contributed by atoms with E-state index in [1.165, 1.54) is 4.90 Å². The summed E-state index contributed by atoms with van der Waals surface area (Å²) in [5.41, 5.74) is 2.99. The molecule has 0 aliphatic heterocycles. The van der Waals surface area contributed by atoms with E-state index in [9.17, 15) is 9.59 Å². The van der Waals surface area contributed by atoms with Crippen LogP contribution in [-0.2, 0) is 16.1 Å². The van der Waals surface area contributed by atoms with Gasteiger partial charge in [0.1, 0.15) is 0 Å². The smallest absolute Gasteiger partial charge is 0.238 e. The van der Waals surface area contributed by atoms with Gasteiger partial charge in [-0.3, -0.25) is 14.5 Å². The molecule has 0 bridgehead atoms. The van der Waals surface area contributed by atoms with Gasteiger partial charge in [0, 0.05) is 24.2 Å². The molecule has 0 aliphatic carbocycles. The summed E-state index contributed by atoms with van der Waals surface area (Å²) in [6.45, 7) is 2.91. The normalized spacial score (nSPS) is 10.7. The molecule has 2 rings (SSSR count). The monoisotopic (exact) mass is 385 g/mol. The fourth-order valence-electron chi connectivity index (χ4n) is 2.58. The van der Waals surface area contributed by atoms with Crippen LogP contribution in [0.5, 0.6) is 0 Å². The third kappa shape index (κ3) is 7.07. The number of anilines is 1. The number of carbonyl (C=O) groups is 2. The van der Waals surface area contributed by atoms with E-state index in [4.69, 9.17) is 0 Å². The van der Waals surface area contributed by atoms with Crippen LogP contribution < -0.4 is 5.32 Å². The third-order valence-electron chi connectivity index (χ3n) is 4.16. The topological polar surface area (TPSA) is 52.7 Å². The zero-order valence-corrected chi connectivity index (χ0v) is 17.2. The molecule has 0 saturated heterocycles. The number of likely N-dealkylation sites (N-methyl/N-ethyl adjacent to an activating group) is 2. The van der Waals surface area contributed by atoms with Crippen molar-refractivity contribution in [3.63, 3.8) is 0 Å².